The second-order valence-corrected chi connectivity index (χ2v) is 8.35. The van der Waals surface area contributed by atoms with E-state index in [1.165, 1.54) is 12.3 Å². The molecule has 7 heteroatoms. The highest BCUT2D eigenvalue weighted by atomic mass is 35.7. The van der Waals surface area contributed by atoms with E-state index in [9.17, 15) is 13.2 Å². The molecule has 2 rings (SSSR count). The van der Waals surface area contributed by atoms with Crippen molar-refractivity contribution in [1.82, 2.24) is 9.47 Å². The molecule has 0 saturated carbocycles. The molecule has 21 heavy (non-hydrogen) atoms. The number of piperidine rings is 1. The van der Waals surface area contributed by atoms with Crippen molar-refractivity contribution in [2.45, 2.75) is 38.6 Å². The summed E-state index contributed by atoms with van der Waals surface area (Å²) in [6, 6.07) is 1.37. The zero-order chi connectivity index (χ0) is 15.8. The van der Waals surface area contributed by atoms with Crippen LogP contribution in [-0.4, -0.2) is 36.9 Å². The molecule has 2 atom stereocenters. The predicted octanol–water partition coefficient (Wildman–Crippen LogP) is 2.55. The maximum absolute atomic E-state index is 12.6. The summed E-state index contributed by atoms with van der Waals surface area (Å²) in [5.41, 5.74) is 0.387. The molecule has 0 spiro atoms. The van der Waals surface area contributed by atoms with Crippen LogP contribution in [0.3, 0.4) is 0 Å². The van der Waals surface area contributed by atoms with Crippen LogP contribution in [0.4, 0.5) is 0 Å². The average molecular weight is 333 g/mol. The van der Waals surface area contributed by atoms with Gasteiger partial charge in [-0.1, -0.05) is 13.8 Å². The third-order valence-electron chi connectivity index (χ3n) is 4.33. The Morgan fingerprint density at radius 2 is 2.05 bits per heavy atom. The number of amides is 1. The van der Waals surface area contributed by atoms with Gasteiger partial charge < -0.3 is 9.47 Å². The summed E-state index contributed by atoms with van der Waals surface area (Å²) in [5.74, 6) is 0.928. The SMILES string of the molecule is CCn1cc(S(=O)(=O)Cl)cc1C(=O)N1CCC(C)C(C)C1. The normalized spacial score (nSPS) is 23.3. The first-order valence-corrected chi connectivity index (χ1v) is 9.49. The lowest BCUT2D eigenvalue weighted by Gasteiger charge is -2.35. The molecule has 1 aliphatic heterocycles. The van der Waals surface area contributed by atoms with Crippen LogP contribution in [0.2, 0.25) is 0 Å². The van der Waals surface area contributed by atoms with Crippen molar-refractivity contribution in [3.63, 3.8) is 0 Å². The Kier molecular flexibility index (Phi) is 4.68. The van der Waals surface area contributed by atoms with Gasteiger partial charge in [0, 0.05) is 36.5 Å². The second kappa shape index (κ2) is 6.01. The molecule has 0 aliphatic carbocycles. The third-order valence-corrected chi connectivity index (χ3v) is 5.66. The Morgan fingerprint density at radius 3 is 2.57 bits per heavy atom. The molecule has 5 nitrogen and oxygen atoms in total. The van der Waals surface area contributed by atoms with Crippen LogP contribution in [0, 0.1) is 11.8 Å². The van der Waals surface area contributed by atoms with E-state index in [4.69, 9.17) is 10.7 Å². The largest absolute Gasteiger partial charge is 0.342 e. The number of aryl methyl sites for hydroxylation is 1. The monoisotopic (exact) mass is 332 g/mol. The van der Waals surface area contributed by atoms with E-state index in [2.05, 4.69) is 13.8 Å². The van der Waals surface area contributed by atoms with Crippen LogP contribution < -0.4 is 0 Å². The topological polar surface area (TPSA) is 59.4 Å². The Bertz CT molecular complexity index is 639. The molecule has 1 fully saturated rings. The molecule has 0 bridgehead atoms. The predicted molar refractivity (Wildman–Crippen MR) is 82.0 cm³/mol. The Balaban J connectivity index is 2.29. The summed E-state index contributed by atoms with van der Waals surface area (Å²) in [7, 11) is 1.55. The number of rotatable bonds is 3. The number of carbonyl (C=O) groups excluding carboxylic acids is 1. The van der Waals surface area contributed by atoms with Crippen molar-refractivity contribution in [2.75, 3.05) is 13.1 Å². The van der Waals surface area contributed by atoms with Crippen LogP contribution in [0.5, 0.6) is 0 Å². The maximum Gasteiger partial charge on any atom is 0.270 e. The van der Waals surface area contributed by atoms with E-state index in [1.54, 1.807) is 9.47 Å². The van der Waals surface area contributed by atoms with Gasteiger partial charge >= 0.3 is 0 Å². The third kappa shape index (κ3) is 3.43. The van der Waals surface area contributed by atoms with E-state index in [0.717, 1.165) is 6.42 Å². The minimum atomic E-state index is -3.82. The van der Waals surface area contributed by atoms with Gasteiger partial charge in [-0.25, -0.2) is 8.42 Å². The molecule has 0 radical (unpaired) electrons. The van der Waals surface area contributed by atoms with Gasteiger partial charge in [0.25, 0.3) is 15.0 Å². The number of hydrogen-bond acceptors (Lipinski definition) is 3. The first-order valence-electron chi connectivity index (χ1n) is 7.18. The molecular weight excluding hydrogens is 312 g/mol. The van der Waals surface area contributed by atoms with Gasteiger partial charge in [0.05, 0.1) is 0 Å². The van der Waals surface area contributed by atoms with Crippen LogP contribution in [0.25, 0.3) is 0 Å². The highest BCUT2D eigenvalue weighted by Gasteiger charge is 2.29. The molecule has 118 valence electrons. The summed E-state index contributed by atoms with van der Waals surface area (Å²) in [6.45, 7) is 8.13. The number of carbonyl (C=O) groups is 1. The molecule has 0 aromatic carbocycles. The summed E-state index contributed by atoms with van der Waals surface area (Å²) in [6.07, 6.45) is 2.39. The molecule has 1 aromatic rings. The Morgan fingerprint density at radius 1 is 1.38 bits per heavy atom. The second-order valence-electron chi connectivity index (χ2n) is 5.78. The minimum absolute atomic E-state index is 0.0206. The molecule has 2 heterocycles. The van der Waals surface area contributed by atoms with Crippen LogP contribution >= 0.6 is 10.7 Å². The molecule has 1 saturated heterocycles. The van der Waals surface area contributed by atoms with Crippen LogP contribution in [0.15, 0.2) is 17.2 Å². The number of aromatic nitrogens is 1. The molecule has 2 unspecified atom stereocenters. The fraction of sp³-hybridized carbons (Fsp3) is 0.643. The van der Waals surface area contributed by atoms with Crippen molar-refractivity contribution < 1.29 is 13.2 Å². The molecule has 1 aliphatic rings. The Labute approximate surface area is 130 Å². The van der Waals surface area contributed by atoms with E-state index in [0.29, 0.717) is 37.2 Å². The quantitative estimate of drug-likeness (QED) is 0.799. The van der Waals surface area contributed by atoms with E-state index >= 15 is 0 Å². The average Bonchev–Trinajstić information content (AvgIpc) is 2.85. The van der Waals surface area contributed by atoms with E-state index < -0.39 is 9.05 Å². The zero-order valence-electron chi connectivity index (χ0n) is 12.5. The van der Waals surface area contributed by atoms with Gasteiger partial charge in [-0.2, -0.15) is 0 Å². The van der Waals surface area contributed by atoms with Gasteiger partial charge in [0.1, 0.15) is 10.6 Å². The molecular formula is C14H21ClN2O3S. The van der Waals surface area contributed by atoms with Crippen molar-refractivity contribution >= 4 is 25.6 Å². The number of likely N-dealkylation sites (tertiary alicyclic amines) is 1. The van der Waals surface area contributed by atoms with Crippen molar-refractivity contribution in [2.24, 2.45) is 11.8 Å². The minimum Gasteiger partial charge on any atom is -0.342 e. The van der Waals surface area contributed by atoms with Gasteiger partial charge in [0.2, 0.25) is 0 Å². The lowest BCUT2D eigenvalue weighted by molar-refractivity contribution is 0.0617. The lowest BCUT2D eigenvalue weighted by Crippen LogP contribution is -2.42. The fourth-order valence-corrected chi connectivity index (χ4v) is 3.43. The van der Waals surface area contributed by atoms with Crippen molar-refractivity contribution in [3.8, 4) is 0 Å². The van der Waals surface area contributed by atoms with Crippen LogP contribution in [-0.2, 0) is 15.6 Å². The summed E-state index contributed by atoms with van der Waals surface area (Å²) in [5, 5.41) is 0. The maximum atomic E-state index is 12.6. The number of hydrogen-bond donors (Lipinski definition) is 0. The van der Waals surface area contributed by atoms with E-state index in [1.807, 2.05) is 6.92 Å². The van der Waals surface area contributed by atoms with E-state index in [-0.39, 0.29) is 10.8 Å². The van der Waals surface area contributed by atoms with Gasteiger partial charge in [0.15, 0.2) is 0 Å². The smallest absolute Gasteiger partial charge is 0.270 e. The zero-order valence-corrected chi connectivity index (χ0v) is 14.1. The highest BCUT2D eigenvalue weighted by Crippen LogP contribution is 2.25. The first-order chi connectivity index (χ1) is 9.74. The van der Waals surface area contributed by atoms with Crippen molar-refractivity contribution in [3.05, 3.63) is 18.0 Å². The summed E-state index contributed by atoms with van der Waals surface area (Å²) >= 11 is 0. The van der Waals surface area contributed by atoms with Crippen molar-refractivity contribution in [1.29, 1.82) is 0 Å². The first kappa shape index (κ1) is 16.4. The van der Waals surface area contributed by atoms with Gasteiger partial charge in [-0.3, -0.25) is 4.79 Å². The lowest BCUT2D eigenvalue weighted by atomic mass is 9.88. The van der Waals surface area contributed by atoms with Crippen LogP contribution in [0.1, 0.15) is 37.7 Å². The summed E-state index contributed by atoms with van der Waals surface area (Å²) < 4.78 is 24.5. The van der Waals surface area contributed by atoms with Gasteiger partial charge in [-0.05, 0) is 31.2 Å². The number of nitrogens with zero attached hydrogens (tertiary/aromatic N) is 2. The highest BCUT2D eigenvalue weighted by molar-refractivity contribution is 8.13. The number of halogens is 1. The fourth-order valence-electron chi connectivity index (χ4n) is 2.67. The Hall–Kier alpha value is -1.01. The molecule has 1 amide bonds. The van der Waals surface area contributed by atoms with Gasteiger partial charge in [-0.15, -0.1) is 0 Å². The standard InChI is InChI=1S/C14H21ClN2O3S/c1-4-16-9-12(21(15,19)20)7-13(16)14(18)17-6-5-10(2)11(3)8-17/h7,9-11H,4-6,8H2,1-3H3. The molecule has 0 N–H and O–H groups in total. The molecule has 1 aromatic heterocycles. The summed E-state index contributed by atoms with van der Waals surface area (Å²) in [4.78, 5) is 14.4.